The minimum atomic E-state index is -0.943. The fourth-order valence-corrected chi connectivity index (χ4v) is 3.63. The Balaban J connectivity index is 1.70. The van der Waals surface area contributed by atoms with Crippen LogP contribution in [0.15, 0.2) is 5.38 Å². The van der Waals surface area contributed by atoms with Crippen LogP contribution in [0, 0.1) is 0 Å². The molecule has 19 heavy (non-hydrogen) atoms. The predicted octanol–water partition coefficient (Wildman–Crippen LogP) is 2.24. The molecular weight excluding hydrogens is 264 g/mol. The van der Waals surface area contributed by atoms with E-state index in [0.717, 1.165) is 24.4 Å². The molecule has 1 aromatic rings. The van der Waals surface area contributed by atoms with E-state index >= 15 is 0 Å². The number of ether oxygens (including phenoxy) is 1. The molecule has 2 aliphatic heterocycles. The number of carboxylic acids is 1. The molecule has 104 valence electrons. The minimum Gasteiger partial charge on any atom is -0.481 e. The van der Waals surface area contributed by atoms with Gasteiger partial charge in [-0.1, -0.05) is 0 Å². The van der Waals surface area contributed by atoms with Crippen LogP contribution in [0.2, 0.25) is 0 Å². The van der Waals surface area contributed by atoms with Crippen LogP contribution in [0.25, 0.3) is 0 Å². The Morgan fingerprint density at radius 3 is 2.95 bits per heavy atom. The van der Waals surface area contributed by atoms with Gasteiger partial charge in [0.05, 0.1) is 23.9 Å². The van der Waals surface area contributed by atoms with E-state index in [2.05, 4.69) is 10.3 Å². The van der Waals surface area contributed by atoms with E-state index in [0.29, 0.717) is 23.9 Å². The second-order valence-electron chi connectivity index (χ2n) is 5.83. The van der Waals surface area contributed by atoms with Gasteiger partial charge in [0, 0.05) is 5.38 Å². The highest BCUT2D eigenvalue weighted by atomic mass is 32.1. The third-order valence-corrected chi connectivity index (χ3v) is 4.87. The fourth-order valence-electron chi connectivity index (χ4n) is 2.69. The lowest BCUT2D eigenvalue weighted by molar-refractivity contribution is -0.142. The van der Waals surface area contributed by atoms with Crippen molar-refractivity contribution in [3.63, 3.8) is 0 Å². The number of hydrogen-bond donors (Lipinski definition) is 2. The van der Waals surface area contributed by atoms with E-state index < -0.39 is 11.4 Å². The first kappa shape index (κ1) is 12.9. The molecule has 3 atom stereocenters. The molecule has 0 aromatic carbocycles. The second-order valence-corrected chi connectivity index (χ2v) is 6.69. The lowest BCUT2D eigenvalue weighted by atomic mass is 9.90. The first-order valence-electron chi connectivity index (χ1n) is 6.58. The molecule has 0 radical (unpaired) electrons. The fraction of sp³-hybridized carbons (Fsp3) is 0.692. The van der Waals surface area contributed by atoms with Crippen LogP contribution in [0.5, 0.6) is 0 Å². The molecule has 0 spiro atoms. The van der Waals surface area contributed by atoms with Crippen LogP contribution in [-0.2, 0) is 14.9 Å². The summed E-state index contributed by atoms with van der Waals surface area (Å²) in [6, 6.07) is 0.325. The number of thiazole rings is 1. The predicted molar refractivity (Wildman–Crippen MR) is 72.7 cm³/mol. The number of hydrogen-bond acceptors (Lipinski definition) is 5. The van der Waals surface area contributed by atoms with E-state index in [1.165, 1.54) is 11.3 Å². The number of nitrogens with zero attached hydrogens (tertiary/aromatic N) is 1. The summed E-state index contributed by atoms with van der Waals surface area (Å²) < 4.78 is 5.79. The zero-order chi connectivity index (χ0) is 13.6. The average molecular weight is 282 g/mol. The van der Waals surface area contributed by atoms with E-state index in [1.54, 1.807) is 13.8 Å². The molecule has 0 amide bonds. The second kappa shape index (κ2) is 4.45. The normalized spacial score (nSPS) is 29.7. The van der Waals surface area contributed by atoms with Gasteiger partial charge in [0.15, 0.2) is 5.13 Å². The Morgan fingerprint density at radius 1 is 1.58 bits per heavy atom. The van der Waals surface area contributed by atoms with Gasteiger partial charge in [0.25, 0.3) is 0 Å². The van der Waals surface area contributed by atoms with Gasteiger partial charge in [-0.25, -0.2) is 4.98 Å². The zero-order valence-corrected chi connectivity index (χ0v) is 11.9. The number of aromatic nitrogens is 1. The first-order chi connectivity index (χ1) is 8.96. The number of fused-ring (bicyclic) bond motifs is 2. The summed E-state index contributed by atoms with van der Waals surface area (Å²) in [5.74, 6) is -0.854. The Hall–Kier alpha value is -1.14. The molecule has 2 fully saturated rings. The zero-order valence-electron chi connectivity index (χ0n) is 11.0. The van der Waals surface area contributed by atoms with Gasteiger partial charge in [-0.05, 0) is 33.1 Å². The van der Waals surface area contributed by atoms with Gasteiger partial charge in [0.1, 0.15) is 5.41 Å². The summed E-state index contributed by atoms with van der Waals surface area (Å²) in [7, 11) is 0. The number of anilines is 1. The smallest absolute Gasteiger partial charge is 0.315 e. The summed E-state index contributed by atoms with van der Waals surface area (Å²) in [6.07, 6.45) is 4.00. The van der Waals surface area contributed by atoms with Gasteiger partial charge in [-0.2, -0.15) is 0 Å². The van der Waals surface area contributed by atoms with Crippen molar-refractivity contribution >= 4 is 22.4 Å². The van der Waals surface area contributed by atoms with E-state index in [1.807, 2.05) is 5.38 Å². The summed E-state index contributed by atoms with van der Waals surface area (Å²) in [6.45, 7) is 3.35. The number of aliphatic carboxylic acids is 1. The van der Waals surface area contributed by atoms with Gasteiger partial charge in [-0.15, -0.1) is 11.3 Å². The quantitative estimate of drug-likeness (QED) is 0.886. The number of rotatable bonds is 4. The topological polar surface area (TPSA) is 71.5 Å². The van der Waals surface area contributed by atoms with Crippen molar-refractivity contribution in [3.8, 4) is 0 Å². The Labute approximate surface area is 116 Å². The maximum absolute atomic E-state index is 11.2. The highest BCUT2D eigenvalue weighted by Gasteiger charge is 2.41. The first-order valence-corrected chi connectivity index (χ1v) is 7.46. The van der Waals surface area contributed by atoms with Crippen molar-refractivity contribution in [1.82, 2.24) is 4.98 Å². The molecule has 0 aliphatic carbocycles. The van der Waals surface area contributed by atoms with Crippen molar-refractivity contribution in [2.24, 2.45) is 0 Å². The molecule has 3 unspecified atom stereocenters. The SMILES string of the molecule is CC(C)(C(=O)O)c1csc(NC2CC3CCC2O3)n1. The van der Waals surface area contributed by atoms with Crippen LogP contribution in [0.1, 0.15) is 38.8 Å². The van der Waals surface area contributed by atoms with Gasteiger partial charge >= 0.3 is 5.97 Å². The number of carboxylic acid groups (broad SMARTS) is 1. The Bertz CT molecular complexity index is 500. The van der Waals surface area contributed by atoms with Crippen molar-refractivity contribution in [3.05, 3.63) is 11.1 Å². The highest BCUT2D eigenvalue weighted by molar-refractivity contribution is 7.13. The van der Waals surface area contributed by atoms with Crippen molar-refractivity contribution in [1.29, 1.82) is 0 Å². The van der Waals surface area contributed by atoms with Gasteiger partial charge in [0.2, 0.25) is 0 Å². The van der Waals surface area contributed by atoms with Crippen LogP contribution in [-0.4, -0.2) is 34.3 Å². The summed E-state index contributed by atoms with van der Waals surface area (Å²) in [5.41, 5.74) is -0.335. The Morgan fingerprint density at radius 2 is 2.37 bits per heavy atom. The molecule has 2 N–H and O–H groups in total. The van der Waals surface area contributed by atoms with Crippen molar-refractivity contribution < 1.29 is 14.6 Å². The van der Waals surface area contributed by atoms with E-state index in [4.69, 9.17) is 4.74 Å². The largest absolute Gasteiger partial charge is 0.481 e. The van der Waals surface area contributed by atoms with Gasteiger partial charge < -0.3 is 15.2 Å². The monoisotopic (exact) mass is 282 g/mol. The van der Waals surface area contributed by atoms with Crippen LogP contribution in [0.3, 0.4) is 0 Å². The molecule has 2 bridgehead atoms. The average Bonchev–Trinajstić information content (AvgIpc) is 3.03. The molecule has 2 aliphatic rings. The lowest BCUT2D eigenvalue weighted by Crippen LogP contribution is -2.31. The molecule has 1 aromatic heterocycles. The molecule has 3 heterocycles. The standard InChI is InChI=1S/C13H18N2O3S/c1-13(2,11(16)17)10-6-19-12(15-10)14-8-5-7-3-4-9(8)18-7/h6-9H,3-5H2,1-2H3,(H,14,15)(H,16,17). The van der Waals surface area contributed by atoms with Crippen LogP contribution < -0.4 is 5.32 Å². The van der Waals surface area contributed by atoms with Crippen molar-refractivity contribution in [2.75, 3.05) is 5.32 Å². The third-order valence-electron chi connectivity index (χ3n) is 4.09. The molecule has 2 saturated heterocycles. The summed E-state index contributed by atoms with van der Waals surface area (Å²) >= 11 is 1.47. The van der Waals surface area contributed by atoms with Crippen LogP contribution >= 0.6 is 11.3 Å². The molecule has 0 saturated carbocycles. The molecule has 5 nitrogen and oxygen atoms in total. The third kappa shape index (κ3) is 2.23. The van der Waals surface area contributed by atoms with Gasteiger partial charge in [-0.3, -0.25) is 4.79 Å². The lowest BCUT2D eigenvalue weighted by Gasteiger charge is -2.19. The maximum atomic E-state index is 11.2. The highest BCUT2D eigenvalue weighted by Crippen LogP contribution is 2.37. The molecule has 3 rings (SSSR count). The number of nitrogens with one attached hydrogen (secondary N) is 1. The van der Waals surface area contributed by atoms with E-state index in [9.17, 15) is 9.90 Å². The summed E-state index contributed by atoms with van der Waals surface area (Å²) in [5, 5.41) is 15.2. The summed E-state index contributed by atoms with van der Waals surface area (Å²) in [4.78, 5) is 15.6. The number of carbonyl (C=O) groups is 1. The minimum absolute atomic E-state index is 0.296. The molecule has 6 heteroatoms. The maximum Gasteiger partial charge on any atom is 0.315 e. The van der Waals surface area contributed by atoms with Crippen LogP contribution in [0.4, 0.5) is 5.13 Å². The van der Waals surface area contributed by atoms with Crippen molar-refractivity contribution in [2.45, 2.75) is 56.8 Å². The molecular formula is C13H18N2O3S. The van der Waals surface area contributed by atoms with E-state index in [-0.39, 0.29) is 0 Å². The Kier molecular flexibility index (Phi) is 3.02.